The summed E-state index contributed by atoms with van der Waals surface area (Å²) in [5.41, 5.74) is 2.06. The van der Waals surface area contributed by atoms with Gasteiger partial charge in [-0.15, -0.1) is 0 Å². The standard InChI is InChI=1S/C28H37N7O4/c1-34(2)27(38)22-16-19-17-30-28(33-26(19)35(22)21-10-8-9-11-21)31-20-14-15-23(29-18-20)32-24(36)12-6-4-5-7-13-25(37)39-3/h14-18,21H,4-13H2,1-3H3,(H,29,32,36)(H,30,31,33). The third-order valence-corrected chi connectivity index (χ3v) is 6.94. The molecule has 3 aromatic heterocycles. The van der Waals surface area contributed by atoms with E-state index in [-0.39, 0.29) is 23.8 Å². The summed E-state index contributed by atoms with van der Waals surface area (Å²) in [6.45, 7) is 0. The van der Waals surface area contributed by atoms with Crippen molar-refractivity contribution in [3.63, 3.8) is 0 Å². The van der Waals surface area contributed by atoms with Crippen molar-refractivity contribution in [3.8, 4) is 0 Å². The van der Waals surface area contributed by atoms with Gasteiger partial charge in [0.25, 0.3) is 5.91 Å². The van der Waals surface area contributed by atoms with Crippen LogP contribution in [0.4, 0.5) is 17.5 Å². The summed E-state index contributed by atoms with van der Waals surface area (Å²) in [6.07, 6.45) is 11.8. The minimum atomic E-state index is -0.201. The highest BCUT2D eigenvalue weighted by molar-refractivity contribution is 5.98. The van der Waals surface area contributed by atoms with Crippen LogP contribution in [0.3, 0.4) is 0 Å². The Kier molecular flexibility index (Phi) is 9.45. The second-order valence-corrected chi connectivity index (χ2v) is 10.1. The lowest BCUT2D eigenvalue weighted by Gasteiger charge is -2.19. The number of esters is 1. The zero-order valence-electron chi connectivity index (χ0n) is 22.9. The summed E-state index contributed by atoms with van der Waals surface area (Å²) < 4.78 is 6.70. The van der Waals surface area contributed by atoms with Gasteiger partial charge in [-0.1, -0.05) is 25.7 Å². The molecule has 0 aliphatic heterocycles. The van der Waals surface area contributed by atoms with Gasteiger partial charge in [-0.2, -0.15) is 4.98 Å². The van der Waals surface area contributed by atoms with Crippen LogP contribution >= 0.6 is 0 Å². The van der Waals surface area contributed by atoms with Crippen LogP contribution < -0.4 is 10.6 Å². The van der Waals surface area contributed by atoms with E-state index in [0.29, 0.717) is 36.0 Å². The molecule has 2 amide bonds. The van der Waals surface area contributed by atoms with E-state index in [1.807, 2.05) is 6.07 Å². The van der Waals surface area contributed by atoms with Gasteiger partial charge < -0.3 is 24.8 Å². The van der Waals surface area contributed by atoms with Gasteiger partial charge in [-0.05, 0) is 43.9 Å². The number of carbonyl (C=O) groups is 3. The quantitative estimate of drug-likeness (QED) is 0.249. The molecular weight excluding hydrogens is 498 g/mol. The molecule has 3 aromatic rings. The zero-order chi connectivity index (χ0) is 27.8. The second-order valence-electron chi connectivity index (χ2n) is 10.1. The van der Waals surface area contributed by atoms with Crippen LogP contribution in [-0.2, 0) is 14.3 Å². The average Bonchev–Trinajstić information content (AvgIpc) is 3.58. The number of pyridine rings is 1. The summed E-state index contributed by atoms with van der Waals surface area (Å²) in [4.78, 5) is 51.4. The SMILES string of the molecule is COC(=O)CCCCCCC(=O)Nc1ccc(Nc2ncc3cc(C(=O)N(C)C)n(C4CCCC4)c3n2)cn1. The highest BCUT2D eigenvalue weighted by Crippen LogP contribution is 2.35. The van der Waals surface area contributed by atoms with E-state index in [2.05, 4.69) is 29.9 Å². The number of nitrogens with zero attached hydrogens (tertiary/aromatic N) is 5. The van der Waals surface area contributed by atoms with Crippen LogP contribution in [-0.4, -0.2) is 63.4 Å². The van der Waals surface area contributed by atoms with Gasteiger partial charge in [0.15, 0.2) is 0 Å². The lowest BCUT2D eigenvalue weighted by atomic mass is 10.1. The number of aromatic nitrogens is 4. The minimum Gasteiger partial charge on any atom is -0.469 e. The van der Waals surface area contributed by atoms with E-state index in [1.54, 1.807) is 43.5 Å². The highest BCUT2D eigenvalue weighted by Gasteiger charge is 2.26. The van der Waals surface area contributed by atoms with E-state index in [9.17, 15) is 14.4 Å². The molecule has 3 heterocycles. The van der Waals surface area contributed by atoms with Crippen LogP contribution in [0.1, 0.15) is 80.7 Å². The topological polar surface area (TPSA) is 131 Å². The predicted molar refractivity (Wildman–Crippen MR) is 149 cm³/mol. The van der Waals surface area contributed by atoms with Gasteiger partial charge in [0.2, 0.25) is 11.9 Å². The summed E-state index contributed by atoms with van der Waals surface area (Å²) >= 11 is 0. The van der Waals surface area contributed by atoms with Crippen molar-refractivity contribution >= 4 is 46.3 Å². The Hall–Kier alpha value is -4.02. The molecule has 0 aromatic carbocycles. The van der Waals surface area contributed by atoms with Crippen molar-refractivity contribution in [1.29, 1.82) is 0 Å². The fourth-order valence-corrected chi connectivity index (χ4v) is 4.88. The predicted octanol–water partition coefficient (Wildman–Crippen LogP) is 4.84. The Bertz CT molecular complexity index is 1300. The second kappa shape index (κ2) is 13.2. The first-order valence-corrected chi connectivity index (χ1v) is 13.5. The highest BCUT2D eigenvalue weighted by atomic mass is 16.5. The zero-order valence-corrected chi connectivity index (χ0v) is 22.9. The number of anilines is 3. The molecule has 1 saturated carbocycles. The molecule has 11 nitrogen and oxygen atoms in total. The molecule has 4 rings (SSSR count). The lowest BCUT2D eigenvalue weighted by Crippen LogP contribution is -2.25. The number of methoxy groups -OCH3 is 1. The first-order valence-electron chi connectivity index (χ1n) is 13.5. The molecule has 1 aliphatic rings. The van der Waals surface area contributed by atoms with Crippen LogP contribution in [0.25, 0.3) is 11.0 Å². The molecule has 0 radical (unpaired) electrons. The number of nitrogens with one attached hydrogen (secondary N) is 2. The average molecular weight is 536 g/mol. The maximum absolute atomic E-state index is 12.9. The lowest BCUT2D eigenvalue weighted by molar-refractivity contribution is -0.140. The number of unbranched alkanes of at least 4 members (excludes halogenated alkanes) is 3. The van der Waals surface area contributed by atoms with Crippen LogP contribution in [0.15, 0.2) is 30.6 Å². The minimum absolute atomic E-state index is 0.0465. The van der Waals surface area contributed by atoms with Crippen LogP contribution in [0.5, 0.6) is 0 Å². The number of hydrogen-bond donors (Lipinski definition) is 2. The molecule has 0 unspecified atom stereocenters. The maximum atomic E-state index is 12.9. The normalized spacial score (nSPS) is 13.4. The molecule has 0 bridgehead atoms. The summed E-state index contributed by atoms with van der Waals surface area (Å²) in [6, 6.07) is 5.65. The summed E-state index contributed by atoms with van der Waals surface area (Å²) in [7, 11) is 4.90. The van der Waals surface area contributed by atoms with Crippen molar-refractivity contribution in [2.24, 2.45) is 0 Å². The molecule has 39 heavy (non-hydrogen) atoms. The molecule has 208 valence electrons. The summed E-state index contributed by atoms with van der Waals surface area (Å²) in [5, 5.41) is 6.83. The van der Waals surface area contributed by atoms with Crippen molar-refractivity contribution < 1.29 is 19.1 Å². The van der Waals surface area contributed by atoms with Crippen LogP contribution in [0.2, 0.25) is 0 Å². The Morgan fingerprint density at radius 1 is 1.03 bits per heavy atom. The molecule has 0 saturated heterocycles. The summed E-state index contributed by atoms with van der Waals surface area (Å²) in [5.74, 6) is 0.535. The molecule has 0 atom stereocenters. The number of hydrogen-bond acceptors (Lipinski definition) is 8. The van der Waals surface area contributed by atoms with Gasteiger partial charge in [-0.25, -0.2) is 9.97 Å². The van der Waals surface area contributed by atoms with Gasteiger partial charge in [0, 0.05) is 44.6 Å². The van der Waals surface area contributed by atoms with E-state index >= 15 is 0 Å². The van der Waals surface area contributed by atoms with Crippen LogP contribution in [0, 0.1) is 0 Å². The van der Waals surface area contributed by atoms with E-state index in [0.717, 1.165) is 62.4 Å². The third kappa shape index (κ3) is 7.30. The first kappa shape index (κ1) is 28.0. The fourth-order valence-electron chi connectivity index (χ4n) is 4.88. The van der Waals surface area contributed by atoms with Crippen molar-refractivity contribution in [2.45, 2.75) is 70.3 Å². The Morgan fingerprint density at radius 2 is 1.77 bits per heavy atom. The number of amides is 2. The molecule has 1 aliphatic carbocycles. The largest absolute Gasteiger partial charge is 0.469 e. The third-order valence-electron chi connectivity index (χ3n) is 6.94. The molecule has 11 heteroatoms. The van der Waals surface area contributed by atoms with Crippen molar-refractivity contribution in [1.82, 2.24) is 24.4 Å². The molecule has 2 N–H and O–H groups in total. The van der Waals surface area contributed by atoms with Gasteiger partial charge in [0.1, 0.15) is 17.2 Å². The van der Waals surface area contributed by atoms with Gasteiger partial charge in [0.05, 0.1) is 19.0 Å². The van der Waals surface area contributed by atoms with Crippen molar-refractivity contribution in [3.05, 3.63) is 36.3 Å². The fraction of sp³-hybridized carbons (Fsp3) is 0.500. The Balaban J connectivity index is 1.36. The maximum Gasteiger partial charge on any atom is 0.305 e. The van der Waals surface area contributed by atoms with Crippen molar-refractivity contribution in [2.75, 3.05) is 31.8 Å². The number of carbonyl (C=O) groups excluding carboxylic acids is 3. The first-order chi connectivity index (χ1) is 18.9. The number of rotatable bonds is 12. The Morgan fingerprint density at radius 3 is 2.44 bits per heavy atom. The number of ether oxygens (including phenoxy) is 1. The van der Waals surface area contributed by atoms with E-state index < -0.39 is 0 Å². The van der Waals surface area contributed by atoms with Gasteiger partial charge in [-0.3, -0.25) is 14.4 Å². The molecule has 1 fully saturated rings. The van der Waals surface area contributed by atoms with E-state index in [1.165, 1.54) is 7.11 Å². The molecule has 0 spiro atoms. The number of fused-ring (bicyclic) bond motifs is 1. The van der Waals surface area contributed by atoms with Gasteiger partial charge >= 0.3 is 5.97 Å². The smallest absolute Gasteiger partial charge is 0.305 e. The van der Waals surface area contributed by atoms with E-state index in [4.69, 9.17) is 4.98 Å². The monoisotopic (exact) mass is 535 g/mol. The molecular formula is C28H37N7O4. The Labute approximate surface area is 228 Å².